The summed E-state index contributed by atoms with van der Waals surface area (Å²) in [5.41, 5.74) is 4.83. The number of ether oxygens (including phenoxy) is 8. The van der Waals surface area contributed by atoms with Crippen LogP contribution >= 0.6 is 0 Å². The first-order valence-corrected chi connectivity index (χ1v) is 26.6. The first-order valence-electron chi connectivity index (χ1n) is 26.6. The zero-order chi connectivity index (χ0) is 50.6. The molecular formula is C56H60N12O8Zn. The predicted molar refractivity (Wildman–Crippen MR) is 285 cm³/mol. The van der Waals surface area contributed by atoms with Crippen LogP contribution in [0.2, 0.25) is 0 Å². The van der Waals surface area contributed by atoms with Crippen molar-refractivity contribution in [1.29, 1.82) is 0 Å². The third-order valence-corrected chi connectivity index (χ3v) is 14.7. The summed E-state index contributed by atoms with van der Waals surface area (Å²) in [7, 11) is 0. The van der Waals surface area contributed by atoms with Crippen LogP contribution in [0.1, 0.15) is 0 Å². The normalized spacial score (nSPS) is 17.5. The summed E-state index contributed by atoms with van der Waals surface area (Å²) in [5.74, 6) is 4.55. The number of nitrogens with zero attached hydrogens (tertiary/aromatic N) is 12. The van der Waals surface area contributed by atoms with Crippen molar-refractivity contribution >= 4 is 44.1 Å². The molecule has 6 aliphatic heterocycles. The molecule has 21 heteroatoms. The van der Waals surface area contributed by atoms with Gasteiger partial charge >= 0.3 is 19.5 Å². The van der Waals surface area contributed by atoms with Gasteiger partial charge in [0.05, 0.1) is 76.2 Å². The van der Waals surface area contributed by atoms with Gasteiger partial charge in [-0.3, -0.25) is 19.6 Å². The van der Waals surface area contributed by atoms with Crippen LogP contribution in [-0.2, 0) is 38.4 Å². The zero-order valence-electron chi connectivity index (χ0n) is 43.2. The minimum absolute atomic E-state index is 0. The zero-order valence-corrected chi connectivity index (χ0v) is 46.2. The van der Waals surface area contributed by atoms with E-state index in [1.165, 1.54) is 0 Å². The van der Waals surface area contributed by atoms with Gasteiger partial charge in [0, 0.05) is 123 Å². The first-order chi connectivity index (χ1) is 37.6. The summed E-state index contributed by atoms with van der Waals surface area (Å²) in [5, 5.41) is 3.07. The summed E-state index contributed by atoms with van der Waals surface area (Å²) >= 11 is 0. The number of benzene rings is 4. The fourth-order valence-electron chi connectivity index (χ4n) is 10.4. The molecule has 7 aromatic rings. The Morgan fingerprint density at radius 1 is 0.338 bits per heavy atom. The van der Waals surface area contributed by atoms with E-state index in [1.807, 2.05) is 72.8 Å². The Balaban J connectivity index is 0.00000596. The van der Waals surface area contributed by atoms with Gasteiger partial charge in [-0.05, 0) is 94.3 Å². The van der Waals surface area contributed by atoms with Crippen molar-refractivity contribution in [3.63, 3.8) is 0 Å². The Morgan fingerprint density at radius 2 is 0.623 bits per heavy atom. The van der Waals surface area contributed by atoms with Gasteiger partial charge in [-0.15, -0.1) is 0 Å². The Bertz CT molecular complexity index is 3170. The Labute approximate surface area is 458 Å². The maximum atomic E-state index is 6.40. The smallest absolute Gasteiger partial charge is 0.492 e. The van der Waals surface area contributed by atoms with E-state index in [0.717, 1.165) is 175 Å². The van der Waals surface area contributed by atoms with Gasteiger partial charge in [0.15, 0.2) is 0 Å². The first kappa shape index (κ1) is 51.5. The van der Waals surface area contributed by atoms with Crippen molar-refractivity contribution in [3.8, 4) is 68.5 Å². The fourth-order valence-corrected chi connectivity index (χ4v) is 10.4. The molecule has 20 nitrogen and oxygen atoms in total. The van der Waals surface area contributed by atoms with Crippen LogP contribution < -0.4 is 28.9 Å². The molecule has 0 saturated carbocycles. The SMILES string of the molecule is [Zn+2].c1cc2c(cc1OCCN1CCOCC1)-c1nc-2nc2[n-]c(nc3nc(nc4[n-]c(n1)c1ccc(OCCN5CCOCC5)cc41)-c1ccc(OCCN4CCOCC4)cc1-3)c1ccc(OCCN3CCOCC3)cc21. The van der Waals surface area contributed by atoms with E-state index < -0.39 is 0 Å². The monoisotopic (exact) mass is 1090 g/mol. The Kier molecular flexibility index (Phi) is 15.9. The quantitative estimate of drug-likeness (QED) is 0.118. The van der Waals surface area contributed by atoms with Gasteiger partial charge in [-0.1, -0.05) is 0 Å². The van der Waals surface area contributed by atoms with Crippen molar-refractivity contribution in [2.45, 2.75) is 0 Å². The molecule has 394 valence electrons. The summed E-state index contributed by atoms with van der Waals surface area (Å²) in [6, 6.07) is 23.8. The van der Waals surface area contributed by atoms with Crippen LogP contribution in [0.25, 0.3) is 89.7 Å². The molecule has 6 aliphatic rings. The molecular weight excluding hydrogens is 1030 g/mol. The van der Waals surface area contributed by atoms with Gasteiger partial charge in [0.25, 0.3) is 0 Å². The maximum absolute atomic E-state index is 6.40. The summed E-state index contributed by atoms with van der Waals surface area (Å²) in [6.45, 7) is 18.1. The molecule has 4 fully saturated rings. The molecule has 0 unspecified atom stereocenters. The van der Waals surface area contributed by atoms with E-state index in [-0.39, 0.29) is 19.5 Å². The maximum Gasteiger partial charge on any atom is 2.00 e. The van der Waals surface area contributed by atoms with Gasteiger partial charge in [0.1, 0.15) is 49.4 Å². The minimum atomic E-state index is 0. The molecule has 8 bridgehead atoms. The van der Waals surface area contributed by atoms with Crippen molar-refractivity contribution in [2.75, 3.05) is 158 Å². The second-order valence-electron chi connectivity index (χ2n) is 19.5. The molecule has 3 aromatic heterocycles. The number of fused-ring (bicyclic) bond motifs is 20. The van der Waals surface area contributed by atoms with E-state index in [0.29, 0.717) is 95.3 Å². The van der Waals surface area contributed by atoms with Gasteiger partial charge in [0.2, 0.25) is 0 Å². The Morgan fingerprint density at radius 3 is 0.961 bits per heavy atom. The van der Waals surface area contributed by atoms with E-state index in [9.17, 15) is 0 Å². The van der Waals surface area contributed by atoms with Crippen molar-refractivity contribution in [2.24, 2.45) is 0 Å². The molecule has 0 aliphatic carbocycles. The van der Waals surface area contributed by atoms with E-state index in [2.05, 4.69) is 19.6 Å². The number of hydrogen-bond acceptors (Lipinski definition) is 18. The van der Waals surface area contributed by atoms with Gasteiger partial charge < -0.3 is 67.8 Å². The molecule has 0 atom stereocenters. The predicted octanol–water partition coefficient (Wildman–Crippen LogP) is 4.97. The number of hydrogen-bond donors (Lipinski definition) is 0. The van der Waals surface area contributed by atoms with Crippen molar-refractivity contribution in [1.82, 2.24) is 59.5 Å². The molecule has 0 N–H and O–H groups in total. The van der Waals surface area contributed by atoms with Crippen LogP contribution in [0.4, 0.5) is 0 Å². The van der Waals surface area contributed by atoms with Crippen LogP contribution in [0.5, 0.6) is 23.0 Å². The molecule has 4 saturated heterocycles. The standard InChI is InChI=1S/C56H60N12O8.Zn/c1-5-41-45(33-37(1)73-29-17-65-9-21-69-22-10-65)53-57-49(41)61-54-46-34-38(74-30-18-66-11-23-70-24-12-66)2-6-42(46)51(58-54)63-56-48-36-40(76-32-20-68-15-27-72-28-16-68)4-8-44(48)52(60-56)64-55-47-35-39(3-7-43(47)50(59-55)62-53)75-31-19-67-13-25-71-26-14-67;/h1-8,33-36H,9-32H2;/q-2;+2. The number of aromatic nitrogens is 8. The summed E-state index contributed by atoms with van der Waals surface area (Å²) < 4.78 is 47.9. The van der Waals surface area contributed by atoms with Crippen molar-refractivity contribution < 1.29 is 57.4 Å². The van der Waals surface area contributed by atoms with Crippen molar-refractivity contribution in [3.05, 3.63) is 72.8 Å². The summed E-state index contributed by atoms with van der Waals surface area (Å²) in [6.07, 6.45) is 0. The number of morpholine rings is 4. The molecule has 9 heterocycles. The third-order valence-electron chi connectivity index (χ3n) is 14.7. The van der Waals surface area contributed by atoms with Gasteiger partial charge in [-0.25, -0.2) is 9.97 Å². The Hall–Kier alpha value is -6.26. The van der Waals surface area contributed by atoms with Crippen LogP contribution in [0.15, 0.2) is 72.8 Å². The van der Waals surface area contributed by atoms with E-state index in [1.54, 1.807) is 0 Å². The second-order valence-corrected chi connectivity index (χ2v) is 19.5. The third kappa shape index (κ3) is 11.7. The fraction of sp³-hybridized carbons (Fsp3) is 0.429. The van der Waals surface area contributed by atoms with E-state index >= 15 is 0 Å². The van der Waals surface area contributed by atoms with E-state index in [4.69, 9.17) is 77.8 Å². The van der Waals surface area contributed by atoms with Gasteiger partial charge in [-0.2, -0.15) is 0 Å². The molecule has 0 amide bonds. The van der Waals surface area contributed by atoms with Crippen LogP contribution in [0.3, 0.4) is 0 Å². The topological polar surface area (TPSA) is 192 Å². The molecule has 77 heavy (non-hydrogen) atoms. The number of rotatable bonds is 16. The van der Waals surface area contributed by atoms with Crippen LogP contribution in [0, 0.1) is 0 Å². The molecule has 4 aromatic carbocycles. The van der Waals surface area contributed by atoms with Crippen LogP contribution in [-0.4, -0.2) is 207 Å². The average molecular weight is 1090 g/mol. The largest absolute Gasteiger partial charge is 2.00 e. The molecule has 13 rings (SSSR count). The second kappa shape index (κ2) is 23.8. The minimum Gasteiger partial charge on any atom is -0.492 e. The molecule has 0 radical (unpaired) electrons. The average Bonchev–Trinajstić information content (AvgIpc) is 4.22. The molecule has 0 spiro atoms. The summed E-state index contributed by atoms with van der Waals surface area (Å²) in [4.78, 5) is 51.1.